The molecule has 0 aliphatic heterocycles. The van der Waals surface area contributed by atoms with Crippen LogP contribution in [0, 0.1) is 11.8 Å². The van der Waals surface area contributed by atoms with Gasteiger partial charge in [0.15, 0.2) is 0 Å². The fourth-order valence-corrected chi connectivity index (χ4v) is 6.31. The monoisotopic (exact) mass is 295 g/mol. The van der Waals surface area contributed by atoms with Gasteiger partial charge in [-0.3, -0.25) is 4.21 Å². The van der Waals surface area contributed by atoms with E-state index in [1.54, 1.807) is 0 Å². The predicted octanol–water partition coefficient (Wildman–Crippen LogP) is 0.802. The Morgan fingerprint density at radius 3 is 2.39 bits per heavy atom. The highest BCUT2D eigenvalue weighted by atomic mass is 32.2. The molecule has 1 saturated carbocycles. The van der Waals surface area contributed by atoms with Crippen LogP contribution in [0.15, 0.2) is 0 Å². The summed E-state index contributed by atoms with van der Waals surface area (Å²) in [6.45, 7) is 4.35. The Labute approximate surface area is 113 Å². The summed E-state index contributed by atoms with van der Waals surface area (Å²) < 4.78 is 34.6. The van der Waals surface area contributed by atoms with Gasteiger partial charge in [0.25, 0.3) is 0 Å². The van der Waals surface area contributed by atoms with Gasteiger partial charge in [-0.05, 0) is 31.7 Å². The molecule has 0 heterocycles. The first kappa shape index (κ1) is 16.1. The van der Waals surface area contributed by atoms with Gasteiger partial charge in [0.05, 0.1) is 11.0 Å². The van der Waals surface area contributed by atoms with Crippen molar-refractivity contribution in [2.45, 2.75) is 38.0 Å². The molecule has 1 fully saturated rings. The highest BCUT2D eigenvalue weighted by molar-refractivity contribution is 7.92. The van der Waals surface area contributed by atoms with E-state index in [1.165, 1.54) is 6.26 Å². The molecule has 6 heteroatoms. The SMILES string of the molecule is CNC1CC(C)CC(C)C1S(=O)CCS(C)(=O)=O. The molecule has 108 valence electrons. The topological polar surface area (TPSA) is 63.2 Å². The second-order valence-electron chi connectivity index (χ2n) is 5.63. The Morgan fingerprint density at radius 2 is 1.89 bits per heavy atom. The first-order valence-electron chi connectivity index (χ1n) is 6.46. The molecule has 0 amide bonds. The normalized spacial score (nSPS) is 35.3. The van der Waals surface area contributed by atoms with Crippen LogP contribution < -0.4 is 5.32 Å². The third kappa shape index (κ3) is 4.63. The van der Waals surface area contributed by atoms with Crippen molar-refractivity contribution >= 4 is 20.6 Å². The van der Waals surface area contributed by atoms with Crippen molar-refractivity contribution in [3.8, 4) is 0 Å². The maximum absolute atomic E-state index is 12.3. The summed E-state index contributed by atoms with van der Waals surface area (Å²) in [6, 6.07) is 0.240. The average molecular weight is 295 g/mol. The zero-order valence-electron chi connectivity index (χ0n) is 11.7. The zero-order chi connectivity index (χ0) is 13.9. The molecule has 1 aliphatic rings. The Balaban J connectivity index is 2.69. The molecule has 0 bridgehead atoms. The highest BCUT2D eigenvalue weighted by Gasteiger charge is 2.36. The summed E-state index contributed by atoms with van der Waals surface area (Å²) in [5.74, 6) is 1.31. The summed E-state index contributed by atoms with van der Waals surface area (Å²) in [4.78, 5) is 0. The molecule has 1 aliphatic carbocycles. The Kier molecular flexibility index (Phi) is 5.80. The van der Waals surface area contributed by atoms with Crippen LogP contribution in [-0.2, 0) is 20.6 Å². The molecule has 5 atom stereocenters. The van der Waals surface area contributed by atoms with Crippen LogP contribution in [0.3, 0.4) is 0 Å². The molecule has 0 saturated heterocycles. The lowest BCUT2D eigenvalue weighted by atomic mass is 9.80. The van der Waals surface area contributed by atoms with E-state index in [2.05, 4.69) is 19.2 Å². The molecule has 0 radical (unpaired) electrons. The molecular weight excluding hydrogens is 270 g/mol. The summed E-state index contributed by atoms with van der Waals surface area (Å²) in [6.07, 6.45) is 3.30. The van der Waals surface area contributed by atoms with Crippen molar-refractivity contribution in [1.29, 1.82) is 0 Å². The molecule has 0 aromatic heterocycles. The van der Waals surface area contributed by atoms with E-state index < -0.39 is 20.6 Å². The van der Waals surface area contributed by atoms with Crippen molar-refractivity contribution in [3.63, 3.8) is 0 Å². The van der Waals surface area contributed by atoms with Gasteiger partial charge >= 0.3 is 0 Å². The summed E-state index contributed by atoms with van der Waals surface area (Å²) in [5, 5.41) is 3.33. The van der Waals surface area contributed by atoms with Gasteiger partial charge in [0.2, 0.25) is 0 Å². The second kappa shape index (κ2) is 6.48. The van der Waals surface area contributed by atoms with Crippen LogP contribution in [0.1, 0.15) is 26.7 Å². The maximum Gasteiger partial charge on any atom is 0.148 e. The van der Waals surface area contributed by atoms with Crippen LogP contribution in [0.5, 0.6) is 0 Å². The molecule has 0 spiro atoms. The van der Waals surface area contributed by atoms with E-state index in [1.807, 2.05) is 7.05 Å². The fraction of sp³-hybridized carbons (Fsp3) is 1.00. The smallest absolute Gasteiger partial charge is 0.148 e. The first-order chi connectivity index (χ1) is 8.24. The minimum atomic E-state index is -3.02. The van der Waals surface area contributed by atoms with Crippen molar-refractivity contribution < 1.29 is 12.6 Å². The quantitative estimate of drug-likeness (QED) is 0.815. The number of hydrogen-bond donors (Lipinski definition) is 1. The number of rotatable bonds is 5. The van der Waals surface area contributed by atoms with Crippen LogP contribution in [0.2, 0.25) is 0 Å². The van der Waals surface area contributed by atoms with Gasteiger partial charge in [-0.2, -0.15) is 0 Å². The molecule has 18 heavy (non-hydrogen) atoms. The van der Waals surface area contributed by atoms with Crippen molar-refractivity contribution in [3.05, 3.63) is 0 Å². The maximum atomic E-state index is 12.3. The van der Waals surface area contributed by atoms with Crippen molar-refractivity contribution in [2.75, 3.05) is 24.8 Å². The molecule has 0 aromatic carbocycles. The van der Waals surface area contributed by atoms with E-state index in [-0.39, 0.29) is 22.8 Å². The molecule has 0 aromatic rings. The molecule has 1 rings (SSSR count). The first-order valence-corrected chi connectivity index (χ1v) is 9.91. The second-order valence-corrected chi connectivity index (χ2v) is 9.60. The van der Waals surface area contributed by atoms with Gasteiger partial charge in [0, 0.05) is 28.9 Å². The standard InChI is InChI=1S/C12H25NO3S2/c1-9-7-10(2)12(11(8-9)13-3)17(14)5-6-18(4,15)16/h9-13H,5-8H2,1-4H3. The van der Waals surface area contributed by atoms with Crippen LogP contribution in [0.25, 0.3) is 0 Å². The average Bonchev–Trinajstić information content (AvgIpc) is 2.23. The van der Waals surface area contributed by atoms with Gasteiger partial charge in [0.1, 0.15) is 9.84 Å². The molecule has 4 nitrogen and oxygen atoms in total. The van der Waals surface area contributed by atoms with Crippen LogP contribution in [-0.4, -0.2) is 48.7 Å². The fourth-order valence-electron chi connectivity index (χ4n) is 2.92. The predicted molar refractivity (Wildman–Crippen MR) is 76.9 cm³/mol. The van der Waals surface area contributed by atoms with Crippen LogP contribution >= 0.6 is 0 Å². The lowest BCUT2D eigenvalue weighted by Crippen LogP contribution is -2.49. The lowest BCUT2D eigenvalue weighted by molar-refractivity contribution is 0.253. The Hall–Kier alpha value is 0.0600. The van der Waals surface area contributed by atoms with Gasteiger partial charge in [-0.15, -0.1) is 0 Å². The van der Waals surface area contributed by atoms with Crippen LogP contribution in [0.4, 0.5) is 0 Å². The van der Waals surface area contributed by atoms with Gasteiger partial charge in [-0.1, -0.05) is 13.8 Å². The molecule has 1 N–H and O–H groups in total. The minimum absolute atomic E-state index is 0.0226. The lowest BCUT2D eigenvalue weighted by Gasteiger charge is -2.38. The van der Waals surface area contributed by atoms with E-state index in [4.69, 9.17) is 0 Å². The largest absolute Gasteiger partial charge is 0.316 e. The van der Waals surface area contributed by atoms with E-state index >= 15 is 0 Å². The van der Waals surface area contributed by atoms with Gasteiger partial charge < -0.3 is 5.32 Å². The molecular formula is C12H25NO3S2. The number of nitrogens with one attached hydrogen (secondary N) is 1. The minimum Gasteiger partial charge on any atom is -0.316 e. The summed E-state index contributed by atoms with van der Waals surface area (Å²) in [7, 11) is -2.19. The zero-order valence-corrected chi connectivity index (χ0v) is 13.3. The number of hydrogen-bond acceptors (Lipinski definition) is 4. The van der Waals surface area contributed by atoms with Gasteiger partial charge in [-0.25, -0.2) is 8.42 Å². The van der Waals surface area contributed by atoms with Crippen molar-refractivity contribution in [2.24, 2.45) is 11.8 Å². The third-order valence-electron chi connectivity index (χ3n) is 3.72. The Bertz CT molecular complexity index is 394. The summed E-state index contributed by atoms with van der Waals surface area (Å²) in [5.41, 5.74) is 0. The summed E-state index contributed by atoms with van der Waals surface area (Å²) >= 11 is 0. The molecule has 5 unspecified atom stereocenters. The highest BCUT2D eigenvalue weighted by Crippen LogP contribution is 2.32. The number of sulfone groups is 1. The van der Waals surface area contributed by atoms with E-state index in [0.717, 1.165) is 12.8 Å². The van der Waals surface area contributed by atoms with E-state index in [9.17, 15) is 12.6 Å². The Morgan fingerprint density at radius 1 is 1.28 bits per heavy atom. The third-order valence-corrected chi connectivity index (χ3v) is 6.93. The van der Waals surface area contributed by atoms with Crippen molar-refractivity contribution in [1.82, 2.24) is 5.32 Å². The van der Waals surface area contributed by atoms with E-state index in [0.29, 0.717) is 11.8 Å².